The molecule has 104 valence electrons. The average Bonchev–Trinajstić information content (AvgIpc) is 2.46. The van der Waals surface area contributed by atoms with Crippen molar-refractivity contribution >= 4 is 15.9 Å². The first-order valence-corrected chi connectivity index (χ1v) is 7.77. The molecule has 0 saturated carbocycles. The molecule has 2 unspecified atom stereocenters. The highest BCUT2D eigenvalue weighted by Crippen LogP contribution is 2.40. The van der Waals surface area contributed by atoms with Crippen LogP contribution in [0.25, 0.3) is 0 Å². The van der Waals surface area contributed by atoms with E-state index in [1.54, 1.807) is 0 Å². The SMILES string of the molecule is CCc1ccc(C2CC(N)c3ccc(Br)cc3O2)cc1. The maximum atomic E-state index is 6.28. The van der Waals surface area contributed by atoms with Gasteiger partial charge in [0.15, 0.2) is 0 Å². The van der Waals surface area contributed by atoms with Gasteiger partial charge in [-0.1, -0.05) is 53.2 Å². The van der Waals surface area contributed by atoms with Gasteiger partial charge in [-0.3, -0.25) is 0 Å². The number of benzene rings is 2. The summed E-state index contributed by atoms with van der Waals surface area (Å²) >= 11 is 3.48. The molecule has 0 radical (unpaired) electrons. The topological polar surface area (TPSA) is 35.2 Å². The van der Waals surface area contributed by atoms with Crippen LogP contribution in [-0.4, -0.2) is 0 Å². The highest BCUT2D eigenvalue weighted by Gasteiger charge is 2.27. The third-order valence-electron chi connectivity index (χ3n) is 3.87. The molecule has 0 amide bonds. The lowest BCUT2D eigenvalue weighted by Crippen LogP contribution is -2.24. The highest BCUT2D eigenvalue weighted by atomic mass is 79.9. The Morgan fingerprint density at radius 1 is 1.20 bits per heavy atom. The first kappa shape index (κ1) is 13.7. The van der Waals surface area contributed by atoms with E-state index >= 15 is 0 Å². The molecule has 2 N–H and O–H groups in total. The zero-order chi connectivity index (χ0) is 14.1. The third kappa shape index (κ3) is 2.60. The number of rotatable bonds is 2. The van der Waals surface area contributed by atoms with Gasteiger partial charge >= 0.3 is 0 Å². The van der Waals surface area contributed by atoms with Crippen molar-refractivity contribution in [1.82, 2.24) is 0 Å². The predicted molar refractivity (Wildman–Crippen MR) is 84.9 cm³/mol. The third-order valence-corrected chi connectivity index (χ3v) is 4.37. The van der Waals surface area contributed by atoms with Crippen molar-refractivity contribution in [2.45, 2.75) is 31.9 Å². The van der Waals surface area contributed by atoms with Crippen LogP contribution in [0.3, 0.4) is 0 Å². The van der Waals surface area contributed by atoms with Crippen LogP contribution >= 0.6 is 15.9 Å². The molecule has 1 heterocycles. The summed E-state index contributed by atoms with van der Waals surface area (Å²) in [5, 5.41) is 0. The first-order valence-electron chi connectivity index (χ1n) is 6.98. The predicted octanol–water partition coefficient (Wildman–Crippen LogP) is 4.54. The van der Waals surface area contributed by atoms with Gasteiger partial charge in [-0.15, -0.1) is 0 Å². The molecule has 20 heavy (non-hydrogen) atoms. The van der Waals surface area contributed by atoms with Gasteiger partial charge in [0, 0.05) is 22.5 Å². The van der Waals surface area contributed by atoms with Gasteiger partial charge in [-0.2, -0.15) is 0 Å². The molecular formula is C17H18BrNO. The number of halogens is 1. The van der Waals surface area contributed by atoms with E-state index in [1.807, 2.05) is 18.2 Å². The second kappa shape index (κ2) is 5.58. The Hall–Kier alpha value is -1.32. The summed E-state index contributed by atoms with van der Waals surface area (Å²) < 4.78 is 7.15. The molecule has 0 spiro atoms. The number of ether oxygens (including phenoxy) is 1. The van der Waals surface area contributed by atoms with Crippen molar-refractivity contribution < 1.29 is 4.74 Å². The minimum atomic E-state index is 0.0303. The summed E-state index contributed by atoms with van der Waals surface area (Å²) in [6, 6.07) is 14.7. The van der Waals surface area contributed by atoms with Gasteiger partial charge in [0.25, 0.3) is 0 Å². The standard InChI is InChI=1S/C17H18BrNO/c1-2-11-3-5-12(6-4-11)16-10-15(19)14-8-7-13(18)9-17(14)20-16/h3-9,15-16H,2,10,19H2,1H3. The van der Waals surface area contributed by atoms with Crippen molar-refractivity contribution in [2.75, 3.05) is 0 Å². The first-order chi connectivity index (χ1) is 9.67. The second-order valence-electron chi connectivity index (χ2n) is 5.23. The van der Waals surface area contributed by atoms with Crippen molar-refractivity contribution in [3.8, 4) is 5.75 Å². The highest BCUT2D eigenvalue weighted by molar-refractivity contribution is 9.10. The molecule has 2 atom stereocenters. The zero-order valence-corrected chi connectivity index (χ0v) is 13.1. The van der Waals surface area contributed by atoms with E-state index in [2.05, 4.69) is 47.1 Å². The minimum absolute atomic E-state index is 0.0303. The van der Waals surface area contributed by atoms with E-state index in [0.717, 1.165) is 28.6 Å². The Bertz CT molecular complexity index is 609. The lowest BCUT2D eigenvalue weighted by Gasteiger charge is -2.30. The van der Waals surface area contributed by atoms with Gasteiger partial charge < -0.3 is 10.5 Å². The van der Waals surface area contributed by atoms with Crippen molar-refractivity contribution in [3.05, 3.63) is 63.6 Å². The van der Waals surface area contributed by atoms with Gasteiger partial charge in [-0.05, 0) is 29.7 Å². The monoisotopic (exact) mass is 331 g/mol. The van der Waals surface area contributed by atoms with Crippen LogP contribution in [-0.2, 0) is 6.42 Å². The smallest absolute Gasteiger partial charge is 0.126 e. The van der Waals surface area contributed by atoms with Gasteiger partial charge in [0.05, 0.1) is 0 Å². The fourth-order valence-electron chi connectivity index (χ4n) is 2.65. The van der Waals surface area contributed by atoms with Crippen molar-refractivity contribution in [3.63, 3.8) is 0 Å². The van der Waals surface area contributed by atoms with Gasteiger partial charge in [-0.25, -0.2) is 0 Å². The molecule has 0 aliphatic carbocycles. The maximum Gasteiger partial charge on any atom is 0.126 e. The molecular weight excluding hydrogens is 314 g/mol. The summed E-state index contributed by atoms with van der Waals surface area (Å²) in [4.78, 5) is 0. The van der Waals surface area contributed by atoms with Crippen LogP contribution in [0.2, 0.25) is 0 Å². The molecule has 0 bridgehead atoms. The summed E-state index contributed by atoms with van der Waals surface area (Å²) in [6.07, 6.45) is 1.92. The summed E-state index contributed by atoms with van der Waals surface area (Å²) in [5.74, 6) is 0.891. The Labute approximate surface area is 128 Å². The largest absolute Gasteiger partial charge is 0.485 e. The molecule has 2 aromatic rings. The van der Waals surface area contributed by atoms with E-state index < -0.39 is 0 Å². The Kier molecular flexibility index (Phi) is 3.81. The molecule has 0 aromatic heterocycles. The number of aryl methyl sites for hydroxylation is 1. The Balaban J connectivity index is 1.89. The molecule has 3 rings (SSSR count). The average molecular weight is 332 g/mol. The van der Waals surface area contributed by atoms with Crippen LogP contribution in [0.5, 0.6) is 5.75 Å². The van der Waals surface area contributed by atoms with Crippen LogP contribution in [0.4, 0.5) is 0 Å². The lowest BCUT2D eigenvalue weighted by molar-refractivity contribution is 0.161. The Morgan fingerprint density at radius 2 is 1.95 bits per heavy atom. The van der Waals surface area contributed by atoms with Crippen LogP contribution in [0.15, 0.2) is 46.9 Å². The normalized spacial score (nSPS) is 21.1. The number of hydrogen-bond acceptors (Lipinski definition) is 2. The van der Waals surface area contributed by atoms with Crippen molar-refractivity contribution in [2.24, 2.45) is 5.73 Å². The Morgan fingerprint density at radius 3 is 2.65 bits per heavy atom. The van der Waals surface area contributed by atoms with Crippen LogP contribution in [0, 0.1) is 0 Å². The van der Waals surface area contributed by atoms with E-state index in [4.69, 9.17) is 10.5 Å². The number of hydrogen-bond donors (Lipinski definition) is 1. The van der Waals surface area contributed by atoms with Crippen LogP contribution < -0.4 is 10.5 Å². The maximum absolute atomic E-state index is 6.28. The van der Waals surface area contributed by atoms with Gasteiger partial charge in [0.1, 0.15) is 11.9 Å². The molecule has 0 fully saturated rings. The molecule has 0 saturated heterocycles. The fourth-order valence-corrected chi connectivity index (χ4v) is 2.99. The van der Waals surface area contributed by atoms with E-state index in [0.29, 0.717) is 0 Å². The summed E-state index contributed by atoms with van der Waals surface area (Å²) in [6.45, 7) is 2.16. The molecule has 3 heteroatoms. The summed E-state index contributed by atoms with van der Waals surface area (Å²) in [7, 11) is 0. The van der Waals surface area contributed by atoms with E-state index in [-0.39, 0.29) is 12.1 Å². The fraction of sp³-hybridized carbons (Fsp3) is 0.294. The quantitative estimate of drug-likeness (QED) is 0.877. The molecule has 2 nitrogen and oxygen atoms in total. The molecule has 2 aromatic carbocycles. The summed E-state index contributed by atoms with van der Waals surface area (Å²) in [5.41, 5.74) is 9.92. The second-order valence-corrected chi connectivity index (χ2v) is 6.14. The van der Waals surface area contributed by atoms with Crippen molar-refractivity contribution in [1.29, 1.82) is 0 Å². The lowest BCUT2D eigenvalue weighted by atomic mass is 9.93. The van der Waals surface area contributed by atoms with Gasteiger partial charge in [0.2, 0.25) is 0 Å². The number of nitrogens with two attached hydrogens (primary N) is 1. The molecule has 1 aliphatic heterocycles. The van der Waals surface area contributed by atoms with E-state index in [9.17, 15) is 0 Å². The number of fused-ring (bicyclic) bond motifs is 1. The van der Waals surface area contributed by atoms with E-state index in [1.165, 1.54) is 11.1 Å². The minimum Gasteiger partial charge on any atom is -0.485 e. The molecule has 1 aliphatic rings. The zero-order valence-electron chi connectivity index (χ0n) is 11.5. The van der Waals surface area contributed by atoms with Crippen LogP contribution in [0.1, 0.15) is 42.2 Å².